The van der Waals surface area contributed by atoms with E-state index in [4.69, 9.17) is 9.47 Å². The van der Waals surface area contributed by atoms with Crippen molar-refractivity contribution in [1.82, 2.24) is 15.1 Å². The van der Waals surface area contributed by atoms with Crippen molar-refractivity contribution in [2.45, 2.75) is 32.4 Å². The zero-order valence-electron chi connectivity index (χ0n) is 14.1. The topological polar surface area (TPSA) is 82.5 Å². The molecule has 1 aliphatic rings. The largest absolute Gasteiger partial charge is 0.486 e. The predicted molar refractivity (Wildman–Crippen MR) is 90.8 cm³/mol. The number of hydrogen-bond acceptors (Lipinski definition) is 5. The molecule has 7 heteroatoms. The molecule has 1 amide bonds. The van der Waals surface area contributed by atoms with Crippen LogP contribution >= 0.6 is 0 Å². The molecule has 0 fully saturated rings. The van der Waals surface area contributed by atoms with Crippen LogP contribution < -0.4 is 14.8 Å². The second-order valence-corrected chi connectivity index (χ2v) is 5.98. The summed E-state index contributed by atoms with van der Waals surface area (Å²) in [4.78, 5) is 24.3. The Balaban J connectivity index is 1.47. The number of nitrogens with one attached hydrogen (secondary N) is 1. The zero-order chi connectivity index (χ0) is 17.6. The van der Waals surface area contributed by atoms with Crippen LogP contribution in [0.5, 0.6) is 11.5 Å². The number of benzene rings is 1. The number of ketones is 1. The lowest BCUT2D eigenvalue weighted by atomic mass is 10.1. The molecule has 2 heterocycles. The molecule has 7 nitrogen and oxygen atoms in total. The van der Waals surface area contributed by atoms with Gasteiger partial charge in [-0.25, -0.2) is 0 Å². The number of amides is 1. The number of carbonyl (C=O) groups excluding carboxylic acids is 2. The van der Waals surface area contributed by atoms with Gasteiger partial charge in [0.25, 0.3) is 0 Å². The molecule has 0 radical (unpaired) electrons. The van der Waals surface area contributed by atoms with E-state index < -0.39 is 0 Å². The quantitative estimate of drug-likeness (QED) is 0.776. The van der Waals surface area contributed by atoms with Crippen LogP contribution in [0.4, 0.5) is 0 Å². The van der Waals surface area contributed by atoms with Crippen LogP contribution in [0.3, 0.4) is 0 Å². The molecular formula is C18H21N3O4. The zero-order valence-corrected chi connectivity index (χ0v) is 14.1. The molecule has 3 rings (SSSR count). The normalized spacial score (nSPS) is 14.0. The molecule has 2 aromatic rings. The molecule has 0 spiro atoms. The summed E-state index contributed by atoms with van der Waals surface area (Å²) in [5, 5.41) is 6.98. The van der Waals surface area contributed by atoms with Gasteiger partial charge in [0.2, 0.25) is 5.91 Å². The summed E-state index contributed by atoms with van der Waals surface area (Å²) >= 11 is 0. The van der Waals surface area contributed by atoms with E-state index in [-0.39, 0.29) is 30.6 Å². The highest BCUT2D eigenvalue weighted by atomic mass is 16.6. The van der Waals surface area contributed by atoms with Crippen LogP contribution in [-0.2, 0) is 11.3 Å². The summed E-state index contributed by atoms with van der Waals surface area (Å²) in [5.74, 6) is 0.986. The van der Waals surface area contributed by atoms with Crippen molar-refractivity contribution >= 4 is 11.7 Å². The lowest BCUT2D eigenvalue weighted by Crippen LogP contribution is -2.35. The van der Waals surface area contributed by atoms with E-state index in [9.17, 15) is 9.59 Å². The van der Waals surface area contributed by atoms with Crippen LogP contribution in [0.1, 0.15) is 30.1 Å². The van der Waals surface area contributed by atoms with Gasteiger partial charge < -0.3 is 14.8 Å². The van der Waals surface area contributed by atoms with Gasteiger partial charge in [0.15, 0.2) is 17.3 Å². The number of aromatic nitrogens is 2. The Kier molecular flexibility index (Phi) is 5.33. The monoisotopic (exact) mass is 343 g/mol. The summed E-state index contributed by atoms with van der Waals surface area (Å²) in [6, 6.07) is 6.88. The molecule has 132 valence electrons. The van der Waals surface area contributed by atoms with Gasteiger partial charge in [-0.3, -0.25) is 14.3 Å². The Labute approximate surface area is 145 Å². The van der Waals surface area contributed by atoms with Gasteiger partial charge in [-0.15, -0.1) is 0 Å². The van der Waals surface area contributed by atoms with Crippen molar-refractivity contribution in [3.8, 4) is 11.5 Å². The van der Waals surface area contributed by atoms with Gasteiger partial charge in [0, 0.05) is 36.8 Å². The fraction of sp³-hybridized carbons (Fsp3) is 0.389. The van der Waals surface area contributed by atoms with Crippen LogP contribution in [0.2, 0.25) is 0 Å². The SMILES string of the molecule is C[C@H](Cn1cccn1)NC(=O)CCC(=O)c1ccc2c(c1)OCCO2. The minimum Gasteiger partial charge on any atom is -0.486 e. The van der Waals surface area contributed by atoms with Crippen LogP contribution in [0.25, 0.3) is 0 Å². The third kappa shape index (κ3) is 4.59. The number of rotatable bonds is 7. The number of nitrogens with zero attached hydrogens (tertiary/aromatic N) is 2. The first-order valence-corrected chi connectivity index (χ1v) is 8.31. The molecule has 1 N–H and O–H groups in total. The van der Waals surface area contributed by atoms with Gasteiger partial charge in [-0.05, 0) is 31.2 Å². The maximum Gasteiger partial charge on any atom is 0.220 e. The standard InChI is InChI=1S/C18H21N3O4/c1-13(12-21-8-2-7-19-21)20-18(23)6-4-15(22)14-3-5-16-17(11-14)25-10-9-24-16/h2-3,5,7-8,11,13H,4,6,9-10,12H2,1H3,(H,20,23)/t13-/m1/s1. The third-order valence-corrected chi connectivity index (χ3v) is 3.87. The first kappa shape index (κ1) is 17.0. The molecule has 25 heavy (non-hydrogen) atoms. The van der Waals surface area contributed by atoms with Crippen molar-refractivity contribution in [3.63, 3.8) is 0 Å². The van der Waals surface area contributed by atoms with Crippen LogP contribution in [0.15, 0.2) is 36.7 Å². The van der Waals surface area contributed by atoms with Gasteiger partial charge in [-0.1, -0.05) is 0 Å². The number of fused-ring (bicyclic) bond motifs is 1. The second kappa shape index (κ2) is 7.83. The minimum absolute atomic E-state index is 0.0585. The van der Waals surface area contributed by atoms with E-state index >= 15 is 0 Å². The van der Waals surface area contributed by atoms with Crippen molar-refractivity contribution in [1.29, 1.82) is 0 Å². The highest BCUT2D eigenvalue weighted by Crippen LogP contribution is 2.31. The Morgan fingerprint density at radius 1 is 1.24 bits per heavy atom. The van der Waals surface area contributed by atoms with Crippen LogP contribution in [0, 0.1) is 0 Å². The van der Waals surface area contributed by atoms with Crippen LogP contribution in [-0.4, -0.2) is 40.7 Å². The average molecular weight is 343 g/mol. The molecule has 1 atom stereocenters. The molecule has 0 saturated heterocycles. The number of hydrogen-bond donors (Lipinski definition) is 1. The summed E-state index contributed by atoms with van der Waals surface area (Å²) in [6.07, 6.45) is 3.84. The average Bonchev–Trinajstić information content (AvgIpc) is 3.12. The third-order valence-electron chi connectivity index (χ3n) is 3.87. The number of carbonyl (C=O) groups is 2. The fourth-order valence-electron chi connectivity index (χ4n) is 2.67. The van der Waals surface area contributed by atoms with Crippen molar-refractivity contribution < 1.29 is 19.1 Å². The van der Waals surface area contributed by atoms with E-state index in [1.165, 1.54) is 0 Å². The Morgan fingerprint density at radius 2 is 2.04 bits per heavy atom. The van der Waals surface area contributed by atoms with E-state index in [1.807, 2.05) is 19.2 Å². The Hall–Kier alpha value is -2.83. The molecule has 0 unspecified atom stereocenters. The van der Waals surface area contributed by atoms with Crippen molar-refractivity contribution in [3.05, 3.63) is 42.2 Å². The van der Waals surface area contributed by atoms with Crippen molar-refractivity contribution in [2.24, 2.45) is 0 Å². The lowest BCUT2D eigenvalue weighted by molar-refractivity contribution is -0.121. The molecule has 1 aromatic carbocycles. The molecular weight excluding hydrogens is 322 g/mol. The minimum atomic E-state index is -0.148. The smallest absolute Gasteiger partial charge is 0.220 e. The highest BCUT2D eigenvalue weighted by Gasteiger charge is 2.16. The Bertz CT molecular complexity index is 743. The van der Waals surface area contributed by atoms with Crippen molar-refractivity contribution in [2.75, 3.05) is 13.2 Å². The molecule has 0 aliphatic carbocycles. The summed E-state index contributed by atoms with van der Waals surface area (Å²) in [7, 11) is 0. The van der Waals surface area contributed by atoms with Gasteiger partial charge in [0.05, 0.1) is 6.54 Å². The van der Waals surface area contributed by atoms with Gasteiger partial charge in [-0.2, -0.15) is 5.10 Å². The van der Waals surface area contributed by atoms with Gasteiger partial charge in [0.1, 0.15) is 13.2 Å². The fourth-order valence-corrected chi connectivity index (χ4v) is 2.67. The van der Waals surface area contributed by atoms with E-state index in [2.05, 4.69) is 10.4 Å². The summed E-state index contributed by atoms with van der Waals surface area (Å²) in [6.45, 7) is 3.48. The van der Waals surface area contributed by atoms with E-state index in [0.717, 1.165) is 0 Å². The van der Waals surface area contributed by atoms with E-state index in [1.54, 1.807) is 29.1 Å². The summed E-state index contributed by atoms with van der Waals surface area (Å²) in [5.41, 5.74) is 0.529. The van der Waals surface area contributed by atoms with Gasteiger partial charge >= 0.3 is 0 Å². The Morgan fingerprint density at radius 3 is 2.80 bits per heavy atom. The first-order valence-electron chi connectivity index (χ1n) is 8.31. The summed E-state index contributed by atoms with van der Waals surface area (Å²) < 4.78 is 12.7. The maximum absolute atomic E-state index is 12.3. The molecule has 1 aromatic heterocycles. The maximum atomic E-state index is 12.3. The first-order chi connectivity index (χ1) is 12.1. The molecule has 0 saturated carbocycles. The lowest BCUT2D eigenvalue weighted by Gasteiger charge is -2.18. The highest BCUT2D eigenvalue weighted by molar-refractivity contribution is 5.98. The predicted octanol–water partition coefficient (Wildman–Crippen LogP) is 1.82. The number of ether oxygens (including phenoxy) is 2. The van der Waals surface area contributed by atoms with E-state index in [0.29, 0.717) is 36.8 Å². The second-order valence-electron chi connectivity index (χ2n) is 5.98. The molecule has 1 aliphatic heterocycles. The molecule has 0 bridgehead atoms. The number of Topliss-reactive ketones (excluding diaryl/α,β-unsaturated/α-hetero) is 1.